The molecule has 0 saturated heterocycles. The molecule has 1 rings (SSSR count). The van der Waals surface area contributed by atoms with Gasteiger partial charge < -0.3 is 14.2 Å². The Kier molecular flexibility index (Phi) is 6.11. The largest absolute Gasteiger partial charge is 0.573 e. The second-order valence-electron chi connectivity index (χ2n) is 4.30. The lowest BCUT2D eigenvalue weighted by atomic mass is 9.98. The number of halogens is 3. The zero-order chi connectivity index (χ0) is 17.6. The number of Topliss-reactive ketones (excluding diaryl/α,β-unsaturated/α-hetero) is 1. The average molecular weight is 334 g/mol. The van der Waals surface area contributed by atoms with Gasteiger partial charge in [0.1, 0.15) is 5.75 Å². The standard InChI is InChI=1S/C14H13F3O6/c1-21-12(19)10(13(20)22-2)7-11(18)8-3-5-9(6-4-8)23-14(15,16)17/h3-6,10H,7H2,1-2H3. The van der Waals surface area contributed by atoms with E-state index < -0.39 is 42.2 Å². The number of ether oxygens (including phenoxy) is 3. The van der Waals surface area contributed by atoms with E-state index in [0.717, 1.165) is 38.5 Å². The fraction of sp³-hybridized carbons (Fsp3) is 0.357. The zero-order valence-corrected chi connectivity index (χ0v) is 12.2. The molecule has 0 aliphatic heterocycles. The van der Waals surface area contributed by atoms with Crippen LogP contribution in [0.3, 0.4) is 0 Å². The van der Waals surface area contributed by atoms with E-state index in [-0.39, 0.29) is 5.56 Å². The number of benzene rings is 1. The van der Waals surface area contributed by atoms with Crippen molar-refractivity contribution in [2.75, 3.05) is 14.2 Å². The van der Waals surface area contributed by atoms with Crippen molar-refractivity contribution in [2.45, 2.75) is 12.8 Å². The molecule has 0 fully saturated rings. The summed E-state index contributed by atoms with van der Waals surface area (Å²) in [6.45, 7) is 0. The van der Waals surface area contributed by atoms with E-state index in [4.69, 9.17) is 0 Å². The Bertz CT molecular complexity index is 563. The van der Waals surface area contributed by atoms with Gasteiger partial charge in [-0.3, -0.25) is 14.4 Å². The van der Waals surface area contributed by atoms with E-state index in [9.17, 15) is 27.6 Å². The Morgan fingerprint density at radius 2 is 1.48 bits per heavy atom. The predicted molar refractivity (Wildman–Crippen MR) is 69.6 cm³/mol. The first-order chi connectivity index (χ1) is 10.7. The molecule has 0 radical (unpaired) electrons. The van der Waals surface area contributed by atoms with Crippen molar-refractivity contribution in [3.8, 4) is 5.75 Å². The number of hydrogen-bond acceptors (Lipinski definition) is 6. The molecule has 0 heterocycles. The van der Waals surface area contributed by atoms with Gasteiger partial charge >= 0.3 is 18.3 Å². The molecule has 0 spiro atoms. The number of hydrogen-bond donors (Lipinski definition) is 0. The van der Waals surface area contributed by atoms with E-state index in [1.54, 1.807) is 0 Å². The van der Waals surface area contributed by atoms with Gasteiger partial charge in [-0.2, -0.15) is 0 Å². The third-order valence-corrected chi connectivity index (χ3v) is 2.77. The van der Waals surface area contributed by atoms with Gasteiger partial charge in [0.25, 0.3) is 0 Å². The van der Waals surface area contributed by atoms with E-state index >= 15 is 0 Å². The average Bonchev–Trinajstić information content (AvgIpc) is 2.50. The second kappa shape index (κ2) is 7.61. The summed E-state index contributed by atoms with van der Waals surface area (Å²) in [5.74, 6) is -4.45. The second-order valence-corrected chi connectivity index (χ2v) is 4.30. The summed E-state index contributed by atoms with van der Waals surface area (Å²) in [5.41, 5.74) is 0.0114. The van der Waals surface area contributed by atoms with Crippen LogP contribution in [0, 0.1) is 5.92 Å². The van der Waals surface area contributed by atoms with Crippen LogP contribution in [0.15, 0.2) is 24.3 Å². The van der Waals surface area contributed by atoms with E-state index in [2.05, 4.69) is 14.2 Å². The van der Waals surface area contributed by atoms with E-state index in [0.29, 0.717) is 0 Å². The summed E-state index contributed by atoms with van der Waals surface area (Å²) >= 11 is 0. The van der Waals surface area contributed by atoms with Gasteiger partial charge in [0.05, 0.1) is 14.2 Å². The first kappa shape index (κ1) is 18.5. The third kappa shape index (κ3) is 5.61. The van der Waals surface area contributed by atoms with Crippen molar-refractivity contribution in [3.63, 3.8) is 0 Å². The Balaban J connectivity index is 2.84. The van der Waals surface area contributed by atoms with Crippen LogP contribution in [-0.4, -0.2) is 38.3 Å². The molecule has 126 valence electrons. The normalized spacial score (nSPS) is 11.0. The molecule has 9 heteroatoms. The number of esters is 2. The molecule has 0 unspecified atom stereocenters. The number of alkyl halides is 3. The Morgan fingerprint density at radius 1 is 1.00 bits per heavy atom. The van der Waals surface area contributed by atoms with Gasteiger partial charge in [0.15, 0.2) is 11.7 Å². The lowest BCUT2D eigenvalue weighted by Gasteiger charge is -2.12. The molecule has 0 N–H and O–H groups in total. The van der Waals surface area contributed by atoms with Gasteiger partial charge in [-0.15, -0.1) is 13.2 Å². The number of ketones is 1. The molecule has 0 atom stereocenters. The highest BCUT2D eigenvalue weighted by atomic mass is 19.4. The highest BCUT2D eigenvalue weighted by Crippen LogP contribution is 2.23. The number of rotatable bonds is 6. The topological polar surface area (TPSA) is 78.9 Å². The zero-order valence-electron chi connectivity index (χ0n) is 12.2. The summed E-state index contributed by atoms with van der Waals surface area (Å²) in [7, 11) is 2.10. The summed E-state index contributed by atoms with van der Waals surface area (Å²) in [5, 5.41) is 0. The molecule has 0 amide bonds. The number of methoxy groups -OCH3 is 2. The Hall–Kier alpha value is -2.58. The molecule has 0 saturated carbocycles. The number of carbonyl (C=O) groups excluding carboxylic acids is 3. The fourth-order valence-electron chi connectivity index (χ4n) is 1.69. The fourth-order valence-corrected chi connectivity index (χ4v) is 1.69. The maximum Gasteiger partial charge on any atom is 0.573 e. The first-order valence-electron chi connectivity index (χ1n) is 6.22. The van der Waals surface area contributed by atoms with Gasteiger partial charge in [-0.05, 0) is 24.3 Å². The van der Waals surface area contributed by atoms with Gasteiger partial charge in [0, 0.05) is 12.0 Å². The minimum absolute atomic E-state index is 0.0114. The monoisotopic (exact) mass is 334 g/mol. The summed E-state index contributed by atoms with van der Waals surface area (Å²) in [6.07, 6.45) is -5.37. The summed E-state index contributed by atoms with van der Waals surface area (Å²) in [6, 6.07) is 4.09. The van der Waals surface area contributed by atoms with Crippen molar-refractivity contribution >= 4 is 17.7 Å². The van der Waals surface area contributed by atoms with Crippen LogP contribution in [0.1, 0.15) is 16.8 Å². The first-order valence-corrected chi connectivity index (χ1v) is 6.22. The lowest BCUT2D eigenvalue weighted by molar-refractivity contribution is -0.274. The maximum atomic E-state index is 12.0. The van der Waals surface area contributed by atoms with Crippen molar-refractivity contribution in [2.24, 2.45) is 5.92 Å². The highest BCUT2D eigenvalue weighted by Gasteiger charge is 2.32. The third-order valence-electron chi connectivity index (χ3n) is 2.77. The minimum atomic E-state index is -4.84. The molecule has 0 aliphatic carbocycles. The molecule has 0 aliphatic rings. The van der Waals surface area contributed by atoms with E-state index in [1.165, 1.54) is 0 Å². The van der Waals surface area contributed by atoms with Crippen molar-refractivity contribution in [1.29, 1.82) is 0 Å². The van der Waals surface area contributed by atoms with Crippen molar-refractivity contribution in [1.82, 2.24) is 0 Å². The SMILES string of the molecule is COC(=O)C(CC(=O)c1ccc(OC(F)(F)F)cc1)C(=O)OC. The predicted octanol–water partition coefficient (Wildman–Crippen LogP) is 2.12. The molecular weight excluding hydrogens is 321 g/mol. The summed E-state index contributed by atoms with van der Waals surface area (Å²) in [4.78, 5) is 35.0. The molecule has 0 bridgehead atoms. The number of carbonyl (C=O) groups is 3. The van der Waals surface area contributed by atoms with Crippen LogP contribution in [0.4, 0.5) is 13.2 Å². The van der Waals surface area contributed by atoms with Crippen molar-refractivity contribution in [3.05, 3.63) is 29.8 Å². The van der Waals surface area contributed by atoms with Crippen LogP contribution in [0.2, 0.25) is 0 Å². The van der Waals surface area contributed by atoms with Crippen LogP contribution in [0.5, 0.6) is 5.75 Å². The summed E-state index contributed by atoms with van der Waals surface area (Å²) < 4.78 is 48.6. The van der Waals surface area contributed by atoms with Gasteiger partial charge in [-0.25, -0.2) is 0 Å². The Labute approximate surface area is 129 Å². The Morgan fingerprint density at radius 3 is 1.87 bits per heavy atom. The van der Waals surface area contributed by atoms with Gasteiger partial charge in [0.2, 0.25) is 0 Å². The smallest absolute Gasteiger partial charge is 0.468 e. The quantitative estimate of drug-likeness (QED) is 0.450. The minimum Gasteiger partial charge on any atom is -0.468 e. The molecule has 6 nitrogen and oxygen atoms in total. The maximum absolute atomic E-state index is 12.0. The molecular formula is C14H13F3O6. The molecule has 23 heavy (non-hydrogen) atoms. The van der Waals surface area contributed by atoms with Gasteiger partial charge in [-0.1, -0.05) is 0 Å². The van der Waals surface area contributed by atoms with Crippen LogP contribution >= 0.6 is 0 Å². The molecule has 1 aromatic carbocycles. The lowest BCUT2D eigenvalue weighted by Crippen LogP contribution is -2.29. The van der Waals surface area contributed by atoms with Crippen LogP contribution in [-0.2, 0) is 19.1 Å². The highest BCUT2D eigenvalue weighted by molar-refractivity contribution is 6.04. The van der Waals surface area contributed by atoms with E-state index in [1.807, 2.05) is 0 Å². The molecule has 1 aromatic rings. The molecule has 0 aromatic heterocycles. The van der Waals surface area contributed by atoms with Crippen LogP contribution in [0.25, 0.3) is 0 Å². The van der Waals surface area contributed by atoms with Crippen LogP contribution < -0.4 is 4.74 Å². The van der Waals surface area contributed by atoms with Crippen molar-refractivity contribution < 1.29 is 41.8 Å².